The van der Waals surface area contributed by atoms with Gasteiger partial charge in [0, 0.05) is 4.88 Å². The third-order valence-corrected chi connectivity index (χ3v) is 6.03. The van der Waals surface area contributed by atoms with Crippen LogP contribution in [0.25, 0.3) is 22.1 Å². The van der Waals surface area contributed by atoms with E-state index < -0.39 is 0 Å². The van der Waals surface area contributed by atoms with Crippen LogP contribution in [0.15, 0.2) is 28.4 Å². The van der Waals surface area contributed by atoms with E-state index in [0.29, 0.717) is 0 Å². The first-order valence-corrected chi connectivity index (χ1v) is 8.73. The second-order valence-electron chi connectivity index (χ2n) is 5.49. The van der Waals surface area contributed by atoms with Crippen molar-refractivity contribution in [2.24, 2.45) is 0 Å². The second-order valence-corrected chi connectivity index (χ2v) is 7.45. The molecule has 0 fully saturated rings. The molecule has 4 rings (SSSR count). The molecule has 0 aliphatic rings. The van der Waals surface area contributed by atoms with E-state index >= 15 is 0 Å². The lowest BCUT2D eigenvalue weighted by molar-refractivity contribution is 1.19. The van der Waals surface area contributed by atoms with Crippen molar-refractivity contribution in [3.63, 3.8) is 0 Å². The summed E-state index contributed by atoms with van der Waals surface area (Å²) < 4.78 is 2.48. The Hall–Kier alpha value is -1.98. The zero-order valence-electron chi connectivity index (χ0n) is 12.5. The molecule has 4 aromatic rings. The predicted octanol–water partition coefficient (Wildman–Crippen LogP) is 3.44. The lowest BCUT2D eigenvalue weighted by Gasteiger charge is -1.99. The van der Waals surface area contributed by atoms with E-state index in [1.54, 1.807) is 15.7 Å². The Morgan fingerprint density at radius 2 is 1.95 bits per heavy atom. The summed E-state index contributed by atoms with van der Waals surface area (Å²) in [5, 5.41) is 2.05. The Balaban J connectivity index is 2.08. The van der Waals surface area contributed by atoms with E-state index in [1.807, 2.05) is 17.5 Å². The highest BCUT2D eigenvalue weighted by Crippen LogP contribution is 2.22. The van der Waals surface area contributed by atoms with Gasteiger partial charge in [-0.2, -0.15) is 0 Å². The smallest absolute Gasteiger partial charge is 0.267 e. The number of imidazole rings is 1. The highest BCUT2D eigenvalue weighted by Gasteiger charge is 2.13. The highest BCUT2D eigenvalue weighted by molar-refractivity contribution is 7.15. The molecular formula is C17H14N2OS2. The number of hydrogen-bond donors (Lipinski definition) is 0. The summed E-state index contributed by atoms with van der Waals surface area (Å²) >= 11 is 3.12. The van der Waals surface area contributed by atoms with Gasteiger partial charge in [-0.25, -0.2) is 9.38 Å². The summed E-state index contributed by atoms with van der Waals surface area (Å²) in [6, 6.07) is 6.11. The number of hydrogen-bond acceptors (Lipinski definition) is 4. The van der Waals surface area contributed by atoms with Crippen molar-refractivity contribution in [2.75, 3.05) is 0 Å². The molecule has 3 nitrogen and oxygen atoms in total. The fourth-order valence-electron chi connectivity index (χ4n) is 2.62. The molecule has 22 heavy (non-hydrogen) atoms. The van der Waals surface area contributed by atoms with E-state index in [4.69, 9.17) is 0 Å². The molecule has 0 saturated heterocycles. The van der Waals surface area contributed by atoms with E-state index in [0.717, 1.165) is 31.0 Å². The van der Waals surface area contributed by atoms with Crippen LogP contribution in [0.2, 0.25) is 0 Å². The van der Waals surface area contributed by atoms with Crippen LogP contribution in [0, 0.1) is 20.8 Å². The maximum atomic E-state index is 12.7. The van der Waals surface area contributed by atoms with Crippen LogP contribution in [0.5, 0.6) is 0 Å². The van der Waals surface area contributed by atoms with Crippen molar-refractivity contribution in [3.05, 3.63) is 60.0 Å². The number of aromatic nitrogens is 2. The zero-order valence-corrected chi connectivity index (χ0v) is 14.1. The van der Waals surface area contributed by atoms with Crippen molar-refractivity contribution >= 4 is 44.7 Å². The number of rotatable bonds is 1. The summed E-state index contributed by atoms with van der Waals surface area (Å²) in [7, 11) is 0. The number of fused-ring (bicyclic) bond motifs is 3. The summed E-state index contributed by atoms with van der Waals surface area (Å²) in [6.07, 6.45) is 1.98. The molecule has 0 bridgehead atoms. The molecule has 0 unspecified atom stereocenters. The van der Waals surface area contributed by atoms with Crippen LogP contribution >= 0.6 is 22.7 Å². The molecule has 0 aliphatic carbocycles. The van der Waals surface area contributed by atoms with Crippen molar-refractivity contribution in [3.8, 4) is 0 Å². The quantitative estimate of drug-likeness (QED) is 0.537. The third-order valence-electron chi connectivity index (χ3n) is 4.10. The molecule has 0 saturated carbocycles. The molecule has 5 heteroatoms. The molecule has 0 aliphatic heterocycles. The van der Waals surface area contributed by atoms with Crippen molar-refractivity contribution in [1.29, 1.82) is 0 Å². The molecule has 0 atom stereocenters. The topological polar surface area (TPSA) is 34.4 Å². The van der Waals surface area contributed by atoms with Gasteiger partial charge in [0.05, 0.1) is 15.6 Å². The Morgan fingerprint density at radius 3 is 2.68 bits per heavy atom. The van der Waals surface area contributed by atoms with Gasteiger partial charge in [0.1, 0.15) is 0 Å². The van der Waals surface area contributed by atoms with Gasteiger partial charge in [0.15, 0.2) is 4.96 Å². The van der Waals surface area contributed by atoms with Gasteiger partial charge in [-0.15, -0.1) is 11.3 Å². The Kier molecular flexibility index (Phi) is 2.96. The summed E-state index contributed by atoms with van der Waals surface area (Å²) in [4.78, 5) is 19.3. The molecule has 3 aromatic heterocycles. The van der Waals surface area contributed by atoms with E-state index in [2.05, 4.69) is 37.9 Å². The number of thiophene rings is 1. The third kappa shape index (κ3) is 1.86. The van der Waals surface area contributed by atoms with Crippen molar-refractivity contribution in [1.82, 2.24) is 9.38 Å². The van der Waals surface area contributed by atoms with Crippen LogP contribution in [-0.4, -0.2) is 9.38 Å². The fraction of sp³-hybridized carbons (Fsp3) is 0.176. The minimum Gasteiger partial charge on any atom is -0.267 e. The normalized spacial score (nSPS) is 12.8. The van der Waals surface area contributed by atoms with Crippen LogP contribution < -0.4 is 10.1 Å². The maximum Gasteiger partial charge on any atom is 0.274 e. The SMILES string of the molecule is Cc1ccsc1C=c1sc2nc3c(C)c(C)ccc3n2c1=O. The van der Waals surface area contributed by atoms with Crippen molar-refractivity contribution in [2.45, 2.75) is 20.8 Å². The van der Waals surface area contributed by atoms with Crippen LogP contribution in [0.4, 0.5) is 0 Å². The largest absolute Gasteiger partial charge is 0.274 e. The van der Waals surface area contributed by atoms with E-state index in [9.17, 15) is 4.79 Å². The minimum atomic E-state index is 0.0264. The molecule has 0 amide bonds. The number of nitrogens with zero attached hydrogens (tertiary/aromatic N) is 2. The molecule has 110 valence electrons. The molecular weight excluding hydrogens is 312 g/mol. The zero-order chi connectivity index (χ0) is 15.4. The van der Waals surface area contributed by atoms with Gasteiger partial charge >= 0.3 is 0 Å². The van der Waals surface area contributed by atoms with Gasteiger partial charge in [0.2, 0.25) is 0 Å². The standard InChI is InChI=1S/C17H14N2OS2/c1-9-4-5-12-15(11(9)3)18-17-19(12)16(20)14(22-17)8-13-10(2)6-7-21-13/h4-8H,1-3H3. The monoisotopic (exact) mass is 326 g/mol. The van der Waals surface area contributed by atoms with Gasteiger partial charge in [0.25, 0.3) is 5.56 Å². The molecule has 0 N–H and O–H groups in total. The fourth-order valence-corrected chi connectivity index (χ4v) is 4.51. The van der Waals surface area contributed by atoms with E-state index in [-0.39, 0.29) is 5.56 Å². The van der Waals surface area contributed by atoms with Gasteiger partial charge in [-0.05, 0) is 61.1 Å². The first kappa shape index (κ1) is 13.7. The number of thiazole rings is 1. The van der Waals surface area contributed by atoms with Crippen molar-refractivity contribution < 1.29 is 0 Å². The molecule has 0 radical (unpaired) electrons. The Morgan fingerprint density at radius 1 is 1.14 bits per heavy atom. The number of aryl methyl sites for hydroxylation is 3. The highest BCUT2D eigenvalue weighted by atomic mass is 32.1. The Bertz CT molecular complexity index is 1130. The molecule has 3 heterocycles. The summed E-state index contributed by atoms with van der Waals surface area (Å²) in [6.45, 7) is 6.19. The lowest BCUT2D eigenvalue weighted by atomic mass is 10.1. The summed E-state index contributed by atoms with van der Waals surface area (Å²) in [5.41, 5.74) is 5.41. The second kappa shape index (κ2) is 4.76. The molecule has 0 spiro atoms. The molecule has 1 aromatic carbocycles. The minimum absolute atomic E-state index is 0.0264. The lowest BCUT2D eigenvalue weighted by Crippen LogP contribution is -2.22. The first-order valence-electron chi connectivity index (χ1n) is 7.03. The number of benzene rings is 1. The predicted molar refractivity (Wildman–Crippen MR) is 94.2 cm³/mol. The van der Waals surface area contributed by atoms with Crippen LogP contribution in [-0.2, 0) is 0 Å². The van der Waals surface area contributed by atoms with Gasteiger partial charge in [-0.1, -0.05) is 17.4 Å². The average Bonchev–Trinajstić information content (AvgIpc) is 3.13. The van der Waals surface area contributed by atoms with Crippen LogP contribution in [0.1, 0.15) is 21.6 Å². The van der Waals surface area contributed by atoms with Crippen LogP contribution in [0.3, 0.4) is 0 Å². The average molecular weight is 326 g/mol. The van der Waals surface area contributed by atoms with E-state index in [1.165, 1.54) is 22.5 Å². The summed E-state index contributed by atoms with van der Waals surface area (Å²) in [5.74, 6) is 0. The maximum absolute atomic E-state index is 12.7. The first-order chi connectivity index (χ1) is 10.6. The van der Waals surface area contributed by atoms with Gasteiger partial charge in [-0.3, -0.25) is 4.79 Å². The Labute approximate surface area is 135 Å². The van der Waals surface area contributed by atoms with Gasteiger partial charge < -0.3 is 0 Å².